The number of rotatable bonds is 3. The number of nitriles is 1. The summed E-state index contributed by atoms with van der Waals surface area (Å²) < 4.78 is 4.46. The maximum atomic E-state index is 9.31. The van der Waals surface area contributed by atoms with E-state index in [1.165, 1.54) is 12.5 Å². The van der Waals surface area contributed by atoms with Crippen molar-refractivity contribution < 1.29 is 14.7 Å². The maximum Gasteiger partial charge on any atom is 0.129 e. The summed E-state index contributed by atoms with van der Waals surface area (Å²) in [6.07, 6.45) is 0.216. The van der Waals surface area contributed by atoms with Crippen LogP contribution in [0.25, 0.3) is 0 Å². The first-order chi connectivity index (χ1) is 5.75. The number of nitrogens with zero attached hydrogens (tertiary/aromatic N) is 2. The largest absolute Gasteiger partial charge is 0.389 e. The molecule has 0 aliphatic rings. The van der Waals surface area contributed by atoms with Gasteiger partial charge in [-0.3, -0.25) is 0 Å². The van der Waals surface area contributed by atoms with Crippen molar-refractivity contribution in [3.8, 4) is 6.07 Å². The third-order valence-corrected chi connectivity index (χ3v) is 1.46. The molecule has 1 rings (SSSR count). The van der Waals surface area contributed by atoms with E-state index >= 15 is 0 Å². The van der Waals surface area contributed by atoms with Crippen LogP contribution in [0.4, 0.5) is 0 Å². The lowest BCUT2D eigenvalue weighted by Crippen LogP contribution is -2.16. The Morgan fingerprint density at radius 1 is 1.67 bits per heavy atom. The first-order valence-electron chi connectivity index (χ1n) is 3.38. The van der Waals surface area contributed by atoms with E-state index in [0.717, 1.165) is 0 Å². The predicted molar refractivity (Wildman–Crippen MR) is 37.7 cm³/mol. The van der Waals surface area contributed by atoms with Gasteiger partial charge in [-0.1, -0.05) is 5.16 Å². The lowest BCUT2D eigenvalue weighted by molar-refractivity contribution is 0.0213. The predicted octanol–water partition coefficient (Wildman–Crippen LogP) is -0.0174. The zero-order valence-electron chi connectivity index (χ0n) is 6.21. The molecule has 0 aromatic carbocycles. The summed E-state index contributed by atoms with van der Waals surface area (Å²) in [5.74, 6) is 0. The number of aliphatic hydroxyl groups excluding tert-OH is 2. The van der Waals surface area contributed by atoms with Crippen LogP contribution in [-0.4, -0.2) is 21.5 Å². The summed E-state index contributed by atoms with van der Waals surface area (Å²) >= 11 is 0. The molecule has 0 spiro atoms. The highest BCUT2D eigenvalue weighted by atomic mass is 16.5. The topological polar surface area (TPSA) is 90.3 Å². The zero-order valence-corrected chi connectivity index (χ0v) is 6.21. The lowest BCUT2D eigenvalue weighted by Gasteiger charge is -2.11. The summed E-state index contributed by atoms with van der Waals surface area (Å²) in [6, 6.07) is 1.75. The highest BCUT2D eigenvalue weighted by molar-refractivity contribution is 5.07. The molecule has 0 aliphatic carbocycles. The van der Waals surface area contributed by atoms with Crippen LogP contribution in [0.15, 0.2) is 17.0 Å². The quantitative estimate of drug-likeness (QED) is 0.662. The van der Waals surface area contributed by atoms with Gasteiger partial charge in [0.25, 0.3) is 0 Å². The molecule has 5 heteroatoms. The van der Waals surface area contributed by atoms with Gasteiger partial charge in [0.2, 0.25) is 0 Å². The summed E-state index contributed by atoms with van der Waals surface area (Å²) in [7, 11) is 0. The molecule has 2 N–H and O–H groups in total. The van der Waals surface area contributed by atoms with Crippen LogP contribution in [0, 0.1) is 11.3 Å². The smallest absolute Gasteiger partial charge is 0.129 e. The second kappa shape index (κ2) is 3.85. The van der Waals surface area contributed by atoms with Gasteiger partial charge in [-0.15, -0.1) is 0 Å². The molecule has 0 saturated carbocycles. The Bertz CT molecular complexity index is 265. The molecular formula is C7H8N2O3. The van der Waals surface area contributed by atoms with Crippen LogP contribution in [0.3, 0.4) is 0 Å². The van der Waals surface area contributed by atoms with Crippen molar-refractivity contribution >= 4 is 0 Å². The average Bonchev–Trinajstić information content (AvgIpc) is 2.55. The van der Waals surface area contributed by atoms with Crippen LogP contribution >= 0.6 is 0 Å². The molecule has 2 unspecified atom stereocenters. The van der Waals surface area contributed by atoms with Crippen molar-refractivity contribution in [3.05, 3.63) is 18.0 Å². The highest BCUT2D eigenvalue weighted by Crippen LogP contribution is 2.17. The summed E-state index contributed by atoms with van der Waals surface area (Å²) in [5.41, 5.74) is 0.373. The summed E-state index contributed by atoms with van der Waals surface area (Å²) in [5, 5.41) is 30.0. The molecule has 0 radical (unpaired) electrons. The van der Waals surface area contributed by atoms with Crippen LogP contribution in [0.1, 0.15) is 18.1 Å². The first kappa shape index (κ1) is 8.71. The van der Waals surface area contributed by atoms with Crippen LogP contribution < -0.4 is 0 Å². The Balaban J connectivity index is 2.60. The molecule has 12 heavy (non-hydrogen) atoms. The van der Waals surface area contributed by atoms with E-state index in [-0.39, 0.29) is 6.42 Å². The lowest BCUT2D eigenvalue weighted by atomic mass is 10.1. The molecule has 1 aromatic rings. The third kappa shape index (κ3) is 1.81. The van der Waals surface area contributed by atoms with Gasteiger partial charge in [0.15, 0.2) is 0 Å². The van der Waals surface area contributed by atoms with E-state index in [2.05, 4.69) is 9.68 Å². The second-order valence-electron chi connectivity index (χ2n) is 2.33. The van der Waals surface area contributed by atoms with Gasteiger partial charge in [-0.2, -0.15) is 5.26 Å². The van der Waals surface area contributed by atoms with Crippen molar-refractivity contribution in [1.29, 1.82) is 5.26 Å². The molecule has 0 aliphatic heterocycles. The number of aromatic nitrogens is 1. The molecule has 1 aromatic heterocycles. The molecule has 0 fully saturated rings. The van der Waals surface area contributed by atoms with Gasteiger partial charge < -0.3 is 14.7 Å². The minimum atomic E-state index is -1.10. The van der Waals surface area contributed by atoms with Gasteiger partial charge >= 0.3 is 0 Å². The van der Waals surface area contributed by atoms with Crippen LogP contribution in [0.5, 0.6) is 0 Å². The van der Waals surface area contributed by atoms with Crippen molar-refractivity contribution in [3.63, 3.8) is 0 Å². The number of hydrogen-bond donors (Lipinski definition) is 2. The third-order valence-electron chi connectivity index (χ3n) is 1.46. The van der Waals surface area contributed by atoms with Crippen molar-refractivity contribution in [2.45, 2.75) is 18.6 Å². The molecule has 0 bridgehead atoms. The second-order valence-corrected chi connectivity index (χ2v) is 2.33. The molecule has 0 saturated heterocycles. The van der Waals surface area contributed by atoms with Crippen molar-refractivity contribution in [2.75, 3.05) is 0 Å². The van der Waals surface area contributed by atoms with Gasteiger partial charge in [0, 0.05) is 5.56 Å². The Hall–Kier alpha value is -1.38. The van der Waals surface area contributed by atoms with Gasteiger partial charge in [-0.05, 0) is 0 Å². The fourth-order valence-electron chi connectivity index (χ4n) is 0.786. The van der Waals surface area contributed by atoms with E-state index in [1.54, 1.807) is 6.07 Å². The molecular weight excluding hydrogens is 160 g/mol. The van der Waals surface area contributed by atoms with E-state index in [0.29, 0.717) is 5.56 Å². The minimum Gasteiger partial charge on any atom is -0.389 e. The maximum absolute atomic E-state index is 9.31. The van der Waals surface area contributed by atoms with Crippen LogP contribution in [-0.2, 0) is 0 Å². The normalized spacial score (nSPS) is 15.1. The van der Waals surface area contributed by atoms with Crippen LogP contribution in [0.2, 0.25) is 0 Å². The molecule has 64 valence electrons. The number of hydrogen-bond acceptors (Lipinski definition) is 5. The first-order valence-corrected chi connectivity index (χ1v) is 3.38. The van der Waals surface area contributed by atoms with Crippen molar-refractivity contribution in [2.24, 2.45) is 0 Å². The van der Waals surface area contributed by atoms with E-state index in [9.17, 15) is 5.11 Å². The molecule has 1 heterocycles. The summed E-state index contributed by atoms with van der Waals surface area (Å²) in [4.78, 5) is 0. The van der Waals surface area contributed by atoms with E-state index in [1.807, 2.05) is 0 Å². The molecule has 0 amide bonds. The van der Waals surface area contributed by atoms with Gasteiger partial charge in [-0.25, -0.2) is 0 Å². The average molecular weight is 168 g/mol. The number of aliphatic hydroxyl groups is 2. The Labute approximate surface area is 68.8 Å². The van der Waals surface area contributed by atoms with E-state index in [4.69, 9.17) is 10.4 Å². The Morgan fingerprint density at radius 2 is 2.42 bits per heavy atom. The fourth-order valence-corrected chi connectivity index (χ4v) is 0.786. The Kier molecular flexibility index (Phi) is 2.80. The highest BCUT2D eigenvalue weighted by Gasteiger charge is 2.19. The SMILES string of the molecule is N#CCC(O)C(O)c1cnoc1. The minimum absolute atomic E-state index is 0.119. The van der Waals surface area contributed by atoms with Gasteiger partial charge in [0.05, 0.1) is 24.8 Å². The zero-order chi connectivity index (χ0) is 8.97. The monoisotopic (exact) mass is 168 g/mol. The summed E-state index contributed by atoms with van der Waals surface area (Å²) in [6.45, 7) is 0. The standard InChI is InChI=1S/C7H8N2O3/c8-2-1-6(10)7(11)5-3-9-12-4-5/h3-4,6-7,10-11H,1H2. The molecule has 2 atom stereocenters. The molecule has 5 nitrogen and oxygen atoms in total. The van der Waals surface area contributed by atoms with Gasteiger partial charge in [0.1, 0.15) is 12.4 Å². The van der Waals surface area contributed by atoms with Crippen molar-refractivity contribution in [1.82, 2.24) is 5.16 Å². The fraction of sp³-hybridized carbons (Fsp3) is 0.429. The van der Waals surface area contributed by atoms with E-state index < -0.39 is 12.2 Å². The Morgan fingerprint density at radius 3 is 2.92 bits per heavy atom.